The molecule has 0 aliphatic carbocycles. The fourth-order valence-electron chi connectivity index (χ4n) is 3.12. The molecular weight excluding hydrogens is 476 g/mol. The van der Waals surface area contributed by atoms with Crippen LogP contribution in [0.5, 0.6) is 18.0 Å². The molecule has 1 saturated heterocycles. The topological polar surface area (TPSA) is 130 Å². The van der Waals surface area contributed by atoms with Gasteiger partial charge in [-0.05, 0) is 12.1 Å². The molecule has 12 heteroatoms. The van der Waals surface area contributed by atoms with E-state index in [2.05, 4.69) is 28.1 Å². The molecule has 188 valence electrons. The SMILES string of the molecule is C=CCOc1nc(OCC=C)nc(OCC2CN(C(=O)CCS(=O)(=O)c3ccccc3)CCO2)n1. The summed E-state index contributed by atoms with van der Waals surface area (Å²) in [6.45, 7) is 8.49. The minimum atomic E-state index is -3.54. The first-order chi connectivity index (χ1) is 16.9. The number of morpholine rings is 1. The molecule has 1 atom stereocenters. The molecule has 35 heavy (non-hydrogen) atoms. The third-order valence-electron chi connectivity index (χ3n) is 4.81. The van der Waals surface area contributed by atoms with Crippen LogP contribution in [-0.2, 0) is 19.4 Å². The number of carbonyl (C=O) groups excluding carboxylic acids is 1. The summed E-state index contributed by atoms with van der Waals surface area (Å²) in [5.41, 5.74) is 0. The Balaban J connectivity index is 1.55. The Morgan fingerprint density at radius 3 is 2.23 bits per heavy atom. The van der Waals surface area contributed by atoms with Crippen molar-refractivity contribution in [3.05, 3.63) is 55.6 Å². The highest BCUT2D eigenvalue weighted by Gasteiger charge is 2.26. The van der Waals surface area contributed by atoms with Crippen LogP contribution in [0.25, 0.3) is 0 Å². The summed E-state index contributed by atoms with van der Waals surface area (Å²) >= 11 is 0. The highest BCUT2D eigenvalue weighted by Crippen LogP contribution is 2.17. The zero-order chi connectivity index (χ0) is 25.1. The summed E-state index contributed by atoms with van der Waals surface area (Å²) in [4.78, 5) is 26.6. The molecule has 2 heterocycles. The number of carbonyl (C=O) groups is 1. The van der Waals surface area contributed by atoms with Crippen LogP contribution < -0.4 is 14.2 Å². The third-order valence-corrected chi connectivity index (χ3v) is 6.54. The first-order valence-electron chi connectivity index (χ1n) is 10.9. The minimum Gasteiger partial charge on any atom is -0.460 e. The highest BCUT2D eigenvalue weighted by molar-refractivity contribution is 7.91. The van der Waals surface area contributed by atoms with Gasteiger partial charge in [-0.2, -0.15) is 0 Å². The van der Waals surface area contributed by atoms with Crippen LogP contribution in [0.2, 0.25) is 0 Å². The molecule has 0 spiro atoms. The lowest BCUT2D eigenvalue weighted by Gasteiger charge is -2.32. The van der Waals surface area contributed by atoms with Crippen molar-refractivity contribution in [2.45, 2.75) is 17.4 Å². The number of benzene rings is 1. The Morgan fingerprint density at radius 2 is 1.63 bits per heavy atom. The van der Waals surface area contributed by atoms with Gasteiger partial charge in [0.15, 0.2) is 9.84 Å². The predicted octanol–water partition coefficient (Wildman–Crippen LogP) is 1.47. The van der Waals surface area contributed by atoms with Gasteiger partial charge in [0, 0.05) is 13.0 Å². The van der Waals surface area contributed by atoms with Gasteiger partial charge in [-0.3, -0.25) is 4.79 Å². The van der Waals surface area contributed by atoms with Crippen LogP contribution in [0.4, 0.5) is 0 Å². The van der Waals surface area contributed by atoms with Crippen molar-refractivity contribution in [3.8, 4) is 18.0 Å². The Bertz CT molecular complexity index is 1080. The molecule has 0 N–H and O–H groups in total. The third kappa shape index (κ3) is 8.04. The Morgan fingerprint density at radius 1 is 1.03 bits per heavy atom. The molecule has 11 nitrogen and oxygen atoms in total. The second kappa shape index (κ2) is 12.8. The molecule has 3 rings (SSSR count). The van der Waals surface area contributed by atoms with Gasteiger partial charge >= 0.3 is 18.0 Å². The highest BCUT2D eigenvalue weighted by atomic mass is 32.2. The summed E-state index contributed by atoms with van der Waals surface area (Å²) in [5, 5.41) is 0. The number of ether oxygens (including phenoxy) is 4. The molecule has 1 aromatic carbocycles. The van der Waals surface area contributed by atoms with Gasteiger partial charge in [0.2, 0.25) is 5.91 Å². The van der Waals surface area contributed by atoms with Crippen LogP contribution in [0.1, 0.15) is 6.42 Å². The standard InChI is InChI=1S/C23H28N4O7S/c1-3-12-32-21-24-22(33-13-4-2)26-23(25-21)34-17-18-16-27(11-14-31-18)20(28)10-15-35(29,30)19-8-6-5-7-9-19/h3-9,18H,1-2,10-17H2. The fourth-order valence-corrected chi connectivity index (χ4v) is 4.37. The molecule has 1 aliphatic rings. The summed E-state index contributed by atoms with van der Waals surface area (Å²) < 4.78 is 47.0. The summed E-state index contributed by atoms with van der Waals surface area (Å²) in [6, 6.07) is 8.06. The average Bonchev–Trinajstić information content (AvgIpc) is 2.89. The maximum atomic E-state index is 12.7. The van der Waals surface area contributed by atoms with Crippen LogP contribution in [0, 0.1) is 0 Å². The van der Waals surface area contributed by atoms with E-state index in [0.29, 0.717) is 13.2 Å². The van der Waals surface area contributed by atoms with Crippen molar-refractivity contribution in [2.24, 2.45) is 0 Å². The lowest BCUT2D eigenvalue weighted by Crippen LogP contribution is -2.48. The molecule has 1 aromatic heterocycles. The first kappa shape index (κ1) is 26.1. The smallest absolute Gasteiger partial charge is 0.326 e. The van der Waals surface area contributed by atoms with Crippen molar-refractivity contribution in [1.82, 2.24) is 19.9 Å². The molecular formula is C23H28N4O7S. The first-order valence-corrected chi connectivity index (χ1v) is 12.6. The van der Waals surface area contributed by atoms with Crippen LogP contribution in [0.15, 0.2) is 60.5 Å². The van der Waals surface area contributed by atoms with Gasteiger partial charge in [-0.15, -0.1) is 15.0 Å². The number of sulfone groups is 1. The molecule has 1 aliphatic heterocycles. The van der Waals surface area contributed by atoms with Gasteiger partial charge in [0.25, 0.3) is 0 Å². The van der Waals surface area contributed by atoms with Crippen molar-refractivity contribution in [3.63, 3.8) is 0 Å². The predicted molar refractivity (Wildman–Crippen MR) is 126 cm³/mol. The summed E-state index contributed by atoms with van der Waals surface area (Å²) in [5.74, 6) is -0.529. The molecule has 1 unspecified atom stereocenters. The van der Waals surface area contributed by atoms with E-state index >= 15 is 0 Å². The van der Waals surface area contributed by atoms with E-state index in [9.17, 15) is 13.2 Å². The van der Waals surface area contributed by atoms with Crippen molar-refractivity contribution in [2.75, 3.05) is 45.3 Å². The average molecular weight is 505 g/mol. The maximum absolute atomic E-state index is 12.7. The number of aromatic nitrogens is 3. The number of nitrogens with zero attached hydrogens (tertiary/aromatic N) is 4. The largest absolute Gasteiger partial charge is 0.460 e. The zero-order valence-corrected chi connectivity index (χ0v) is 20.1. The van der Waals surface area contributed by atoms with Gasteiger partial charge in [-0.25, -0.2) is 8.42 Å². The second-order valence-corrected chi connectivity index (χ2v) is 9.52. The zero-order valence-electron chi connectivity index (χ0n) is 19.2. The second-order valence-electron chi connectivity index (χ2n) is 7.41. The van der Waals surface area contributed by atoms with E-state index in [1.54, 1.807) is 35.3 Å². The van der Waals surface area contributed by atoms with Crippen LogP contribution in [-0.4, -0.2) is 85.6 Å². The molecule has 1 amide bonds. The quantitative estimate of drug-likeness (QED) is 0.370. The van der Waals surface area contributed by atoms with Gasteiger partial charge in [0.05, 0.1) is 23.8 Å². The lowest BCUT2D eigenvalue weighted by atomic mass is 10.2. The van der Waals surface area contributed by atoms with Crippen molar-refractivity contribution < 1.29 is 32.2 Å². The van der Waals surface area contributed by atoms with E-state index in [-0.39, 0.29) is 67.4 Å². The molecule has 0 radical (unpaired) electrons. The van der Waals surface area contributed by atoms with Crippen molar-refractivity contribution in [1.29, 1.82) is 0 Å². The Kier molecular flexibility index (Phi) is 9.56. The Labute approximate surface area is 204 Å². The molecule has 0 saturated carbocycles. The van der Waals surface area contributed by atoms with Gasteiger partial charge in [-0.1, -0.05) is 43.5 Å². The van der Waals surface area contributed by atoms with E-state index in [4.69, 9.17) is 18.9 Å². The van der Waals surface area contributed by atoms with E-state index in [0.717, 1.165) is 0 Å². The van der Waals surface area contributed by atoms with Crippen molar-refractivity contribution >= 4 is 15.7 Å². The molecule has 1 fully saturated rings. The number of hydrogen-bond acceptors (Lipinski definition) is 10. The van der Waals surface area contributed by atoms with Crippen LogP contribution in [0.3, 0.4) is 0 Å². The molecule has 0 bridgehead atoms. The number of amides is 1. The Hall–Kier alpha value is -3.51. The van der Waals surface area contributed by atoms with E-state index < -0.39 is 15.9 Å². The van der Waals surface area contributed by atoms with Gasteiger partial charge < -0.3 is 23.8 Å². The summed E-state index contributed by atoms with van der Waals surface area (Å²) in [7, 11) is -3.54. The van der Waals surface area contributed by atoms with E-state index in [1.165, 1.54) is 12.1 Å². The molecule has 2 aromatic rings. The normalized spacial score (nSPS) is 15.8. The number of hydrogen-bond donors (Lipinski definition) is 0. The van der Waals surface area contributed by atoms with Crippen LogP contribution >= 0.6 is 0 Å². The van der Waals surface area contributed by atoms with Gasteiger partial charge in [0.1, 0.15) is 25.9 Å². The summed E-state index contributed by atoms with van der Waals surface area (Å²) in [6.07, 6.45) is 2.51. The monoisotopic (exact) mass is 504 g/mol. The fraction of sp³-hybridized carbons (Fsp3) is 0.391. The van der Waals surface area contributed by atoms with E-state index in [1.807, 2.05) is 0 Å². The lowest BCUT2D eigenvalue weighted by molar-refractivity contribution is -0.139. The minimum absolute atomic E-state index is 0.00922. The number of rotatable bonds is 13. The maximum Gasteiger partial charge on any atom is 0.326 e.